The van der Waals surface area contributed by atoms with Gasteiger partial charge in [-0.25, -0.2) is 9.59 Å². The summed E-state index contributed by atoms with van der Waals surface area (Å²) >= 11 is 0. The zero-order chi connectivity index (χ0) is 13.3. The molecule has 0 aliphatic carbocycles. The molecule has 98 valence electrons. The van der Waals surface area contributed by atoms with E-state index in [-0.39, 0.29) is 5.76 Å². The van der Waals surface area contributed by atoms with E-state index in [2.05, 4.69) is 0 Å². The second-order valence-electron chi connectivity index (χ2n) is 3.93. The number of rotatable bonds is 2. The highest BCUT2D eigenvalue weighted by Gasteiger charge is 2.45. The van der Waals surface area contributed by atoms with E-state index in [0.29, 0.717) is 0 Å². The van der Waals surface area contributed by atoms with Gasteiger partial charge in [0.25, 0.3) is 0 Å². The Hall–Kier alpha value is -1.86. The van der Waals surface area contributed by atoms with Gasteiger partial charge in [-0.2, -0.15) is 0 Å². The molecule has 1 aliphatic rings. The van der Waals surface area contributed by atoms with Crippen molar-refractivity contribution in [3.8, 4) is 0 Å². The largest absolute Gasteiger partial charge is 0.457 e. The summed E-state index contributed by atoms with van der Waals surface area (Å²) < 4.78 is 14.3. The Balaban J connectivity index is 2.08. The highest BCUT2D eigenvalue weighted by Crippen LogP contribution is 2.20. The maximum atomic E-state index is 11.5. The van der Waals surface area contributed by atoms with Gasteiger partial charge in [0.05, 0.1) is 6.26 Å². The third-order valence-corrected chi connectivity index (χ3v) is 2.63. The van der Waals surface area contributed by atoms with Crippen LogP contribution in [0.2, 0.25) is 0 Å². The molecule has 0 saturated carbocycles. The molecule has 1 aromatic heterocycles. The molecule has 2 heterocycles. The summed E-state index contributed by atoms with van der Waals surface area (Å²) in [5.41, 5.74) is 0. The number of hydrogen-bond donors (Lipinski definition) is 2. The van der Waals surface area contributed by atoms with Gasteiger partial charge in [0.2, 0.25) is 11.9 Å². The lowest BCUT2D eigenvalue weighted by atomic mass is 10.0. The van der Waals surface area contributed by atoms with E-state index in [1.165, 1.54) is 25.3 Å². The lowest BCUT2D eigenvalue weighted by Gasteiger charge is -2.33. The predicted molar refractivity (Wildman–Crippen MR) is 55.5 cm³/mol. The van der Waals surface area contributed by atoms with Gasteiger partial charge in [-0.15, -0.1) is 0 Å². The van der Waals surface area contributed by atoms with Crippen LogP contribution in [0.15, 0.2) is 22.8 Å². The number of furan rings is 1. The van der Waals surface area contributed by atoms with Gasteiger partial charge in [0.15, 0.2) is 0 Å². The van der Waals surface area contributed by atoms with E-state index in [1.807, 2.05) is 0 Å². The third kappa shape index (κ3) is 2.22. The minimum Gasteiger partial charge on any atom is -0.457 e. The normalized spacial score (nSPS) is 31.8. The van der Waals surface area contributed by atoms with E-state index in [9.17, 15) is 19.8 Å². The molecule has 4 atom stereocenters. The third-order valence-electron chi connectivity index (χ3n) is 2.63. The van der Waals surface area contributed by atoms with Crippen LogP contribution >= 0.6 is 0 Å². The number of aliphatic hydroxyl groups is 2. The summed E-state index contributed by atoms with van der Waals surface area (Å²) in [4.78, 5) is 23.0. The van der Waals surface area contributed by atoms with E-state index in [4.69, 9.17) is 13.9 Å². The first-order valence-electron chi connectivity index (χ1n) is 5.32. The fraction of sp³-hybridized carbons (Fsp3) is 0.455. The van der Waals surface area contributed by atoms with Crippen molar-refractivity contribution in [2.75, 3.05) is 0 Å². The highest BCUT2D eigenvalue weighted by atomic mass is 16.6. The van der Waals surface area contributed by atoms with E-state index in [1.54, 1.807) is 0 Å². The van der Waals surface area contributed by atoms with E-state index >= 15 is 0 Å². The van der Waals surface area contributed by atoms with Crippen molar-refractivity contribution in [2.45, 2.75) is 31.3 Å². The average Bonchev–Trinajstić information content (AvgIpc) is 2.85. The predicted octanol–water partition coefficient (Wildman–Crippen LogP) is -0.528. The summed E-state index contributed by atoms with van der Waals surface area (Å²) in [6, 6.07) is 2.82. The molecule has 7 nitrogen and oxygen atoms in total. The molecule has 1 aromatic rings. The Morgan fingerprint density at radius 2 is 2.11 bits per heavy atom. The van der Waals surface area contributed by atoms with Gasteiger partial charge < -0.3 is 24.1 Å². The number of carbonyl (C=O) groups is 2. The van der Waals surface area contributed by atoms with Crippen LogP contribution < -0.4 is 0 Å². The Morgan fingerprint density at radius 3 is 2.72 bits per heavy atom. The molecule has 0 aromatic carbocycles. The smallest absolute Gasteiger partial charge is 0.375 e. The number of hydrogen-bond acceptors (Lipinski definition) is 7. The maximum Gasteiger partial charge on any atom is 0.375 e. The Labute approximate surface area is 102 Å². The van der Waals surface area contributed by atoms with Crippen molar-refractivity contribution >= 4 is 11.9 Å². The monoisotopic (exact) mass is 256 g/mol. The fourth-order valence-corrected chi connectivity index (χ4v) is 1.60. The van der Waals surface area contributed by atoms with E-state index in [0.717, 1.165) is 0 Å². The van der Waals surface area contributed by atoms with Crippen LogP contribution in [-0.2, 0) is 14.3 Å². The Bertz CT molecular complexity index is 438. The Kier molecular flexibility index (Phi) is 3.35. The number of ether oxygens (including phenoxy) is 2. The standard InChI is InChI=1S/C11H12O7/c1-5-7(12)8(13)9(11(15)17-5)18-10(14)6-3-2-4-16-6/h2-5,7-9,12-13H,1H3/t5-,7+,8+,9-/m1/s1. The molecule has 18 heavy (non-hydrogen) atoms. The first-order chi connectivity index (χ1) is 8.50. The van der Waals surface area contributed by atoms with Gasteiger partial charge >= 0.3 is 11.9 Å². The SMILES string of the molecule is C[C@H]1OC(=O)[C@H](OC(=O)c2ccco2)[C@@H](O)[C@H]1O. The topological polar surface area (TPSA) is 106 Å². The van der Waals surface area contributed by atoms with Gasteiger partial charge in [-0.1, -0.05) is 0 Å². The summed E-state index contributed by atoms with van der Waals surface area (Å²) in [6.07, 6.45) is -3.99. The van der Waals surface area contributed by atoms with Crippen LogP contribution in [0.4, 0.5) is 0 Å². The zero-order valence-electron chi connectivity index (χ0n) is 9.48. The Morgan fingerprint density at radius 1 is 1.39 bits per heavy atom. The van der Waals surface area contributed by atoms with Crippen LogP contribution in [0.5, 0.6) is 0 Å². The summed E-state index contributed by atoms with van der Waals surface area (Å²) in [5, 5.41) is 19.2. The summed E-state index contributed by atoms with van der Waals surface area (Å²) in [7, 11) is 0. The minimum atomic E-state index is -1.56. The molecule has 0 amide bonds. The van der Waals surface area contributed by atoms with Crippen LogP contribution in [0, 0.1) is 0 Å². The molecule has 1 fully saturated rings. The van der Waals surface area contributed by atoms with Crippen LogP contribution in [0.25, 0.3) is 0 Å². The fourth-order valence-electron chi connectivity index (χ4n) is 1.60. The first-order valence-corrected chi connectivity index (χ1v) is 5.32. The zero-order valence-corrected chi connectivity index (χ0v) is 9.48. The van der Waals surface area contributed by atoms with Crippen LogP contribution in [0.3, 0.4) is 0 Å². The average molecular weight is 256 g/mol. The molecule has 0 unspecified atom stereocenters. The molecule has 7 heteroatoms. The number of aliphatic hydroxyl groups excluding tert-OH is 2. The summed E-state index contributed by atoms with van der Waals surface area (Å²) in [6.45, 7) is 1.43. The number of esters is 2. The summed E-state index contributed by atoms with van der Waals surface area (Å²) in [5.74, 6) is -1.92. The molecule has 0 bridgehead atoms. The molecular formula is C11H12O7. The van der Waals surface area contributed by atoms with Crippen molar-refractivity contribution in [3.63, 3.8) is 0 Å². The van der Waals surface area contributed by atoms with Gasteiger partial charge in [0.1, 0.15) is 18.3 Å². The lowest BCUT2D eigenvalue weighted by Crippen LogP contribution is -2.56. The van der Waals surface area contributed by atoms with Gasteiger partial charge in [0, 0.05) is 0 Å². The minimum absolute atomic E-state index is 0.108. The second kappa shape index (κ2) is 4.79. The molecule has 2 N–H and O–H groups in total. The molecule has 2 rings (SSSR count). The van der Waals surface area contributed by atoms with Crippen LogP contribution in [-0.4, -0.2) is 46.6 Å². The van der Waals surface area contributed by atoms with Gasteiger partial charge in [-0.05, 0) is 19.1 Å². The molecule has 1 saturated heterocycles. The van der Waals surface area contributed by atoms with Crippen molar-refractivity contribution in [1.82, 2.24) is 0 Å². The molecule has 0 spiro atoms. The van der Waals surface area contributed by atoms with Crippen molar-refractivity contribution < 1.29 is 33.7 Å². The number of carbonyl (C=O) groups excluding carboxylic acids is 2. The molecular weight excluding hydrogens is 244 g/mol. The highest BCUT2D eigenvalue weighted by molar-refractivity contribution is 5.89. The quantitative estimate of drug-likeness (QED) is 0.685. The molecule has 1 aliphatic heterocycles. The second-order valence-corrected chi connectivity index (χ2v) is 3.93. The molecule has 0 radical (unpaired) electrons. The lowest BCUT2D eigenvalue weighted by molar-refractivity contribution is -0.200. The van der Waals surface area contributed by atoms with Crippen molar-refractivity contribution in [1.29, 1.82) is 0 Å². The first kappa shape index (κ1) is 12.6. The maximum absolute atomic E-state index is 11.5. The van der Waals surface area contributed by atoms with Crippen molar-refractivity contribution in [3.05, 3.63) is 24.2 Å². The number of cyclic esters (lactones) is 1. The van der Waals surface area contributed by atoms with Crippen molar-refractivity contribution in [2.24, 2.45) is 0 Å². The van der Waals surface area contributed by atoms with E-state index < -0.39 is 36.4 Å². The van der Waals surface area contributed by atoms with Gasteiger partial charge in [-0.3, -0.25) is 0 Å². The van der Waals surface area contributed by atoms with Crippen LogP contribution in [0.1, 0.15) is 17.5 Å².